The number of carboxylic acids is 1. The third-order valence-electron chi connectivity index (χ3n) is 4.15. The Morgan fingerprint density at radius 3 is 2.39 bits per heavy atom. The summed E-state index contributed by atoms with van der Waals surface area (Å²) in [4.78, 5) is 13.8. The number of hydrogen-bond acceptors (Lipinski definition) is 5. The molecular weight excluding hydrogens is 296 g/mol. The van der Waals surface area contributed by atoms with Gasteiger partial charge in [-0.05, 0) is 37.1 Å². The average Bonchev–Trinajstić information content (AvgIpc) is 2.83. The SMILES string of the molecule is COc1ccc(-c2onc(N3CCCCCC3)c2C(=O)O)cc1. The normalized spacial score (nSPS) is 15.3. The first-order valence-corrected chi connectivity index (χ1v) is 7.83. The summed E-state index contributed by atoms with van der Waals surface area (Å²) < 4.78 is 10.5. The van der Waals surface area contributed by atoms with E-state index < -0.39 is 5.97 Å². The van der Waals surface area contributed by atoms with Crippen LogP contribution in [0.4, 0.5) is 5.82 Å². The number of ether oxygens (including phenoxy) is 1. The third-order valence-corrected chi connectivity index (χ3v) is 4.15. The highest BCUT2D eigenvalue weighted by Crippen LogP contribution is 2.33. The van der Waals surface area contributed by atoms with Crippen LogP contribution in [0.15, 0.2) is 28.8 Å². The molecule has 0 unspecified atom stereocenters. The van der Waals surface area contributed by atoms with Crippen LogP contribution in [0.5, 0.6) is 5.75 Å². The molecule has 122 valence electrons. The molecule has 0 aliphatic carbocycles. The third kappa shape index (κ3) is 3.16. The van der Waals surface area contributed by atoms with Crippen molar-refractivity contribution in [1.29, 1.82) is 0 Å². The first-order valence-electron chi connectivity index (χ1n) is 7.83. The largest absolute Gasteiger partial charge is 0.497 e. The van der Waals surface area contributed by atoms with Gasteiger partial charge in [0.15, 0.2) is 17.1 Å². The van der Waals surface area contributed by atoms with Crippen molar-refractivity contribution < 1.29 is 19.2 Å². The van der Waals surface area contributed by atoms with E-state index >= 15 is 0 Å². The van der Waals surface area contributed by atoms with Crippen molar-refractivity contribution in [1.82, 2.24) is 5.16 Å². The van der Waals surface area contributed by atoms with Crippen molar-refractivity contribution in [2.75, 3.05) is 25.1 Å². The molecular formula is C17H20N2O4. The predicted molar refractivity (Wildman–Crippen MR) is 86.1 cm³/mol. The van der Waals surface area contributed by atoms with Gasteiger partial charge in [0.05, 0.1) is 7.11 Å². The maximum Gasteiger partial charge on any atom is 0.343 e. The van der Waals surface area contributed by atoms with E-state index in [4.69, 9.17) is 9.26 Å². The number of carboxylic acid groups (broad SMARTS) is 1. The lowest BCUT2D eigenvalue weighted by molar-refractivity contribution is 0.0698. The molecule has 2 heterocycles. The first kappa shape index (κ1) is 15.4. The van der Waals surface area contributed by atoms with Crippen molar-refractivity contribution in [3.63, 3.8) is 0 Å². The van der Waals surface area contributed by atoms with E-state index in [2.05, 4.69) is 5.16 Å². The number of rotatable bonds is 4. The summed E-state index contributed by atoms with van der Waals surface area (Å²) in [5.41, 5.74) is 0.814. The highest BCUT2D eigenvalue weighted by molar-refractivity contribution is 5.99. The van der Waals surface area contributed by atoms with Crippen LogP contribution in [-0.2, 0) is 0 Å². The van der Waals surface area contributed by atoms with Crippen molar-refractivity contribution in [3.8, 4) is 17.1 Å². The second kappa shape index (κ2) is 6.73. The van der Waals surface area contributed by atoms with Crippen LogP contribution < -0.4 is 9.64 Å². The van der Waals surface area contributed by atoms with Crippen LogP contribution in [0.25, 0.3) is 11.3 Å². The van der Waals surface area contributed by atoms with Gasteiger partial charge in [-0.15, -0.1) is 0 Å². The highest BCUT2D eigenvalue weighted by Gasteiger charge is 2.27. The number of hydrogen-bond donors (Lipinski definition) is 1. The standard InChI is InChI=1S/C17H20N2O4/c1-22-13-8-6-12(7-9-13)15-14(17(20)21)16(18-23-15)19-10-4-2-3-5-11-19/h6-9H,2-5,10-11H2,1H3,(H,20,21). The molecule has 0 atom stereocenters. The van der Waals surface area contributed by atoms with E-state index in [0.29, 0.717) is 22.9 Å². The molecule has 1 N–H and O–H groups in total. The highest BCUT2D eigenvalue weighted by atomic mass is 16.5. The Labute approximate surface area is 134 Å². The zero-order valence-electron chi connectivity index (χ0n) is 13.1. The lowest BCUT2D eigenvalue weighted by Crippen LogP contribution is -2.26. The quantitative estimate of drug-likeness (QED) is 0.931. The molecule has 1 aliphatic heterocycles. The molecule has 0 amide bonds. The predicted octanol–water partition coefficient (Wildman–Crippen LogP) is 3.43. The van der Waals surface area contributed by atoms with Crippen LogP contribution in [-0.4, -0.2) is 36.4 Å². The number of aromatic nitrogens is 1. The average molecular weight is 316 g/mol. The van der Waals surface area contributed by atoms with Crippen LogP contribution in [0, 0.1) is 0 Å². The minimum atomic E-state index is -1.02. The number of methoxy groups -OCH3 is 1. The number of carbonyl (C=O) groups is 1. The second-order valence-electron chi connectivity index (χ2n) is 5.65. The lowest BCUT2D eigenvalue weighted by Gasteiger charge is -2.19. The van der Waals surface area contributed by atoms with Gasteiger partial charge >= 0.3 is 5.97 Å². The van der Waals surface area contributed by atoms with Gasteiger partial charge in [-0.3, -0.25) is 0 Å². The maximum absolute atomic E-state index is 11.8. The Kier molecular flexibility index (Phi) is 4.50. The summed E-state index contributed by atoms with van der Waals surface area (Å²) in [5, 5.41) is 13.7. The molecule has 0 radical (unpaired) electrons. The summed E-state index contributed by atoms with van der Waals surface area (Å²) in [5.74, 6) is 0.416. The fourth-order valence-electron chi connectivity index (χ4n) is 2.91. The van der Waals surface area contributed by atoms with Crippen molar-refractivity contribution >= 4 is 11.8 Å². The molecule has 6 heteroatoms. The molecule has 1 fully saturated rings. The van der Waals surface area contributed by atoms with Gasteiger partial charge in [-0.25, -0.2) is 4.79 Å². The molecule has 1 aromatic heterocycles. The number of nitrogens with zero attached hydrogens (tertiary/aromatic N) is 2. The van der Waals surface area contributed by atoms with Crippen molar-refractivity contribution in [3.05, 3.63) is 29.8 Å². The fraction of sp³-hybridized carbons (Fsp3) is 0.412. The molecule has 0 saturated carbocycles. The van der Waals surface area contributed by atoms with Crippen molar-refractivity contribution in [2.24, 2.45) is 0 Å². The second-order valence-corrected chi connectivity index (χ2v) is 5.65. The smallest absolute Gasteiger partial charge is 0.343 e. The Hall–Kier alpha value is -2.50. The van der Waals surface area contributed by atoms with Gasteiger partial charge < -0.3 is 19.3 Å². The van der Waals surface area contributed by atoms with Gasteiger partial charge in [-0.1, -0.05) is 18.0 Å². The van der Waals surface area contributed by atoms with Gasteiger partial charge in [0.25, 0.3) is 0 Å². The van der Waals surface area contributed by atoms with Gasteiger partial charge in [0.1, 0.15) is 5.75 Å². The van der Waals surface area contributed by atoms with Crippen LogP contribution in [0.3, 0.4) is 0 Å². The zero-order chi connectivity index (χ0) is 16.2. The summed E-state index contributed by atoms with van der Waals surface area (Å²) >= 11 is 0. The van der Waals surface area contributed by atoms with E-state index in [9.17, 15) is 9.90 Å². The van der Waals surface area contributed by atoms with E-state index in [0.717, 1.165) is 25.9 Å². The summed E-state index contributed by atoms with van der Waals surface area (Å²) in [7, 11) is 1.59. The van der Waals surface area contributed by atoms with Crippen molar-refractivity contribution in [2.45, 2.75) is 25.7 Å². The molecule has 3 rings (SSSR count). The van der Waals surface area contributed by atoms with Crippen LogP contribution in [0.2, 0.25) is 0 Å². The summed E-state index contributed by atoms with van der Waals surface area (Å²) in [6.07, 6.45) is 4.43. The van der Waals surface area contributed by atoms with E-state index in [1.54, 1.807) is 31.4 Å². The Bertz CT molecular complexity index is 670. The minimum absolute atomic E-state index is 0.136. The Morgan fingerprint density at radius 1 is 1.17 bits per heavy atom. The topological polar surface area (TPSA) is 75.8 Å². The van der Waals surface area contributed by atoms with Crippen LogP contribution >= 0.6 is 0 Å². The van der Waals surface area contributed by atoms with Crippen LogP contribution in [0.1, 0.15) is 36.0 Å². The molecule has 6 nitrogen and oxygen atoms in total. The Morgan fingerprint density at radius 2 is 1.83 bits per heavy atom. The minimum Gasteiger partial charge on any atom is -0.497 e. The maximum atomic E-state index is 11.8. The van der Waals surface area contributed by atoms with Gasteiger partial charge in [0.2, 0.25) is 0 Å². The Balaban J connectivity index is 1.98. The van der Waals surface area contributed by atoms with E-state index in [1.165, 1.54) is 12.8 Å². The summed E-state index contributed by atoms with van der Waals surface area (Å²) in [6, 6.07) is 7.10. The number of aromatic carboxylic acids is 1. The van der Waals surface area contributed by atoms with E-state index in [1.807, 2.05) is 4.90 Å². The number of anilines is 1. The first-order chi connectivity index (χ1) is 11.2. The monoisotopic (exact) mass is 316 g/mol. The molecule has 1 saturated heterocycles. The molecule has 1 aliphatic rings. The summed E-state index contributed by atoms with van der Waals surface area (Å²) in [6.45, 7) is 1.63. The number of benzene rings is 1. The molecule has 1 aromatic carbocycles. The zero-order valence-corrected chi connectivity index (χ0v) is 13.1. The molecule has 23 heavy (non-hydrogen) atoms. The van der Waals surface area contributed by atoms with Gasteiger partial charge in [0, 0.05) is 18.7 Å². The molecule has 0 spiro atoms. The van der Waals surface area contributed by atoms with E-state index in [-0.39, 0.29) is 5.56 Å². The fourth-order valence-corrected chi connectivity index (χ4v) is 2.91. The van der Waals surface area contributed by atoms with Gasteiger partial charge in [-0.2, -0.15) is 0 Å². The lowest BCUT2D eigenvalue weighted by atomic mass is 10.1. The molecule has 2 aromatic rings. The molecule has 0 bridgehead atoms.